The summed E-state index contributed by atoms with van der Waals surface area (Å²) in [6.45, 7) is 1.59. The molecule has 0 spiro atoms. The number of hydrogen-bond acceptors (Lipinski definition) is 3. The lowest BCUT2D eigenvalue weighted by atomic mass is 10.1. The fourth-order valence-corrected chi connectivity index (χ4v) is 2.63. The molecule has 0 radical (unpaired) electrons. The van der Waals surface area contributed by atoms with Gasteiger partial charge >= 0.3 is 0 Å². The average molecular weight is 193 g/mol. The van der Waals surface area contributed by atoms with E-state index in [-0.39, 0.29) is 5.92 Å². The van der Waals surface area contributed by atoms with E-state index in [2.05, 4.69) is 0 Å². The Morgan fingerprint density at radius 1 is 1.33 bits per heavy atom. The maximum Gasteiger partial charge on any atom is 0.281 e. The Morgan fingerprint density at radius 3 is 2.08 bits per heavy atom. The third kappa shape index (κ3) is 1.61. The zero-order valence-electron chi connectivity index (χ0n) is 7.40. The van der Waals surface area contributed by atoms with Gasteiger partial charge in [-0.3, -0.25) is 0 Å². The molecule has 0 saturated carbocycles. The molecule has 2 N–H and O–H groups in total. The quantitative estimate of drug-likeness (QED) is 0.562. The Hall–Kier alpha value is -0.170. The van der Waals surface area contributed by atoms with Gasteiger partial charge in [0.2, 0.25) is 0 Å². The molecule has 1 saturated heterocycles. The number of nitrogens with two attached hydrogens (primary N) is 1. The predicted molar refractivity (Wildman–Crippen MR) is 46.7 cm³/mol. The van der Waals surface area contributed by atoms with Crippen LogP contribution < -0.4 is 5.73 Å². The summed E-state index contributed by atoms with van der Waals surface area (Å²) in [5.41, 5.74) is 5.47. The van der Waals surface area contributed by atoms with Crippen molar-refractivity contribution in [1.29, 1.82) is 0 Å². The Labute approximate surface area is 73.3 Å². The molecule has 12 heavy (non-hydrogen) atoms. The van der Waals surface area contributed by atoms with Gasteiger partial charge in [-0.2, -0.15) is 17.0 Å². The minimum absolute atomic E-state index is 0.253. The highest BCUT2D eigenvalue weighted by molar-refractivity contribution is 7.86. The second-order valence-electron chi connectivity index (χ2n) is 3.17. The minimum atomic E-state index is -3.17. The van der Waals surface area contributed by atoms with Crippen LogP contribution in [-0.2, 0) is 10.2 Å². The lowest BCUT2D eigenvalue weighted by Gasteiger charge is -2.34. The second-order valence-corrected chi connectivity index (χ2v) is 5.31. The largest absolute Gasteiger partial charge is 0.330 e. The smallest absolute Gasteiger partial charge is 0.281 e. The highest BCUT2D eigenvalue weighted by Gasteiger charge is 2.32. The van der Waals surface area contributed by atoms with Crippen LogP contribution in [0, 0.1) is 5.92 Å². The van der Waals surface area contributed by atoms with Crippen LogP contribution in [0.4, 0.5) is 0 Å². The molecule has 0 atom stereocenters. The SMILES string of the molecule is CN1CC(CN)CN(C)S1(=O)=O. The van der Waals surface area contributed by atoms with Gasteiger partial charge < -0.3 is 5.73 Å². The molecular weight excluding hydrogens is 178 g/mol. The van der Waals surface area contributed by atoms with Gasteiger partial charge in [0, 0.05) is 27.2 Å². The molecule has 72 valence electrons. The lowest BCUT2D eigenvalue weighted by Crippen LogP contribution is -2.51. The van der Waals surface area contributed by atoms with Crippen LogP contribution >= 0.6 is 0 Å². The second kappa shape index (κ2) is 3.29. The van der Waals surface area contributed by atoms with Gasteiger partial charge in [0.05, 0.1) is 0 Å². The van der Waals surface area contributed by atoms with E-state index in [1.165, 1.54) is 8.61 Å². The maximum absolute atomic E-state index is 11.4. The molecular formula is C6H15N3O2S. The number of nitrogens with zero attached hydrogens (tertiary/aromatic N) is 2. The molecule has 0 aromatic rings. The first kappa shape index (κ1) is 9.91. The summed E-state index contributed by atoms with van der Waals surface area (Å²) in [7, 11) is -0.0180. The van der Waals surface area contributed by atoms with E-state index in [1.54, 1.807) is 14.1 Å². The molecule has 1 rings (SSSR count). The van der Waals surface area contributed by atoms with E-state index in [9.17, 15) is 8.42 Å². The molecule has 1 aliphatic heterocycles. The first-order valence-electron chi connectivity index (χ1n) is 3.86. The van der Waals surface area contributed by atoms with Crippen molar-refractivity contribution >= 4 is 10.2 Å². The van der Waals surface area contributed by atoms with E-state index in [0.717, 1.165) is 0 Å². The predicted octanol–water partition coefficient (Wildman–Crippen LogP) is -1.32. The Balaban J connectivity index is 2.78. The van der Waals surface area contributed by atoms with Crippen LogP contribution in [0.5, 0.6) is 0 Å². The summed E-state index contributed by atoms with van der Waals surface area (Å²) in [5, 5.41) is 0. The van der Waals surface area contributed by atoms with E-state index in [4.69, 9.17) is 5.73 Å². The van der Waals surface area contributed by atoms with Gasteiger partial charge in [-0.25, -0.2) is 0 Å². The van der Waals surface area contributed by atoms with Crippen LogP contribution in [0.25, 0.3) is 0 Å². The molecule has 0 amide bonds. The third-order valence-electron chi connectivity index (χ3n) is 2.15. The van der Waals surface area contributed by atoms with Gasteiger partial charge in [-0.15, -0.1) is 0 Å². The monoisotopic (exact) mass is 193 g/mol. The first-order valence-corrected chi connectivity index (χ1v) is 5.26. The van der Waals surface area contributed by atoms with Crippen molar-refractivity contribution in [2.24, 2.45) is 11.7 Å². The van der Waals surface area contributed by atoms with Crippen molar-refractivity contribution in [3.05, 3.63) is 0 Å². The first-order chi connectivity index (χ1) is 5.48. The Bertz CT molecular complexity index is 234. The number of hydrogen-bond donors (Lipinski definition) is 1. The van der Waals surface area contributed by atoms with Gasteiger partial charge in [0.25, 0.3) is 10.2 Å². The molecule has 1 aliphatic rings. The molecule has 0 bridgehead atoms. The van der Waals surface area contributed by atoms with Crippen molar-refractivity contribution < 1.29 is 8.42 Å². The fraction of sp³-hybridized carbons (Fsp3) is 1.00. The summed E-state index contributed by atoms with van der Waals surface area (Å²) in [6.07, 6.45) is 0. The highest BCUT2D eigenvalue weighted by Crippen LogP contribution is 2.15. The van der Waals surface area contributed by atoms with Gasteiger partial charge in [0.15, 0.2) is 0 Å². The third-order valence-corrected chi connectivity index (χ3v) is 4.03. The van der Waals surface area contributed by atoms with Crippen LogP contribution in [0.15, 0.2) is 0 Å². The molecule has 6 heteroatoms. The topological polar surface area (TPSA) is 66.6 Å². The van der Waals surface area contributed by atoms with Crippen LogP contribution in [0.1, 0.15) is 0 Å². The molecule has 1 heterocycles. The normalized spacial score (nSPS) is 27.6. The van der Waals surface area contributed by atoms with Gasteiger partial charge in [0.1, 0.15) is 0 Å². The van der Waals surface area contributed by atoms with E-state index in [0.29, 0.717) is 19.6 Å². The average Bonchev–Trinajstić information content (AvgIpc) is 2.00. The number of rotatable bonds is 1. The molecule has 0 aromatic heterocycles. The van der Waals surface area contributed by atoms with Crippen molar-refractivity contribution in [3.63, 3.8) is 0 Å². The lowest BCUT2D eigenvalue weighted by molar-refractivity contribution is 0.269. The molecule has 1 fully saturated rings. The molecule has 0 aromatic carbocycles. The van der Waals surface area contributed by atoms with Gasteiger partial charge in [-0.05, 0) is 12.5 Å². The zero-order valence-corrected chi connectivity index (χ0v) is 8.21. The van der Waals surface area contributed by atoms with Gasteiger partial charge in [-0.1, -0.05) is 0 Å². The summed E-state index contributed by atoms with van der Waals surface area (Å²) in [5.74, 6) is 0.253. The minimum Gasteiger partial charge on any atom is -0.330 e. The summed E-state index contributed by atoms with van der Waals surface area (Å²) < 4.78 is 25.5. The van der Waals surface area contributed by atoms with Crippen LogP contribution in [0.2, 0.25) is 0 Å². The van der Waals surface area contributed by atoms with Crippen molar-refractivity contribution in [1.82, 2.24) is 8.61 Å². The maximum atomic E-state index is 11.4. The molecule has 5 nitrogen and oxygen atoms in total. The Morgan fingerprint density at radius 2 is 1.75 bits per heavy atom. The summed E-state index contributed by atoms with van der Waals surface area (Å²) in [4.78, 5) is 0. The summed E-state index contributed by atoms with van der Waals surface area (Å²) >= 11 is 0. The van der Waals surface area contributed by atoms with E-state index >= 15 is 0 Å². The molecule has 0 unspecified atom stereocenters. The molecule has 0 aliphatic carbocycles. The van der Waals surface area contributed by atoms with Crippen molar-refractivity contribution in [3.8, 4) is 0 Å². The van der Waals surface area contributed by atoms with Crippen molar-refractivity contribution in [2.45, 2.75) is 0 Å². The van der Waals surface area contributed by atoms with Crippen LogP contribution in [-0.4, -0.2) is 50.8 Å². The highest BCUT2D eigenvalue weighted by atomic mass is 32.2. The summed E-state index contributed by atoms with van der Waals surface area (Å²) in [6, 6.07) is 0. The van der Waals surface area contributed by atoms with Crippen molar-refractivity contribution in [2.75, 3.05) is 33.7 Å². The zero-order chi connectivity index (χ0) is 9.35. The fourth-order valence-electron chi connectivity index (χ4n) is 1.36. The van der Waals surface area contributed by atoms with E-state index < -0.39 is 10.2 Å². The van der Waals surface area contributed by atoms with E-state index in [1.807, 2.05) is 0 Å². The Kier molecular flexibility index (Phi) is 2.72. The van der Waals surface area contributed by atoms with Crippen LogP contribution in [0.3, 0.4) is 0 Å². The standard InChI is InChI=1S/C6H15N3O2S/c1-8-4-6(3-7)5-9(2)12(8,10)11/h6H,3-5,7H2,1-2H3.